The number of nitrogens with zero attached hydrogens (tertiary/aromatic N) is 2. The lowest BCUT2D eigenvalue weighted by atomic mass is 9.62. The fourth-order valence-electron chi connectivity index (χ4n) is 5.72. The van der Waals surface area contributed by atoms with E-state index in [1.54, 1.807) is 13.2 Å². The quantitative estimate of drug-likeness (QED) is 0.771. The average molecular weight is 422 g/mol. The lowest BCUT2D eigenvalue weighted by molar-refractivity contribution is -0.00983. The van der Waals surface area contributed by atoms with Crippen molar-refractivity contribution in [1.82, 2.24) is 0 Å². The maximum atomic E-state index is 9.33. The Labute approximate surface area is 181 Å². The van der Waals surface area contributed by atoms with Crippen LogP contribution in [0.25, 0.3) is 11.1 Å². The number of rotatable bonds is 2. The minimum absolute atomic E-state index is 0.00372. The SMILES string of the molecule is CO[C@H]1CC[C@]2(CC1)Cc1ccc(-c3cc(Cl)cc(C#N)c3)cc1C21COC(N)=N1. The number of amidine groups is 1. The summed E-state index contributed by atoms with van der Waals surface area (Å²) in [5, 5.41) is 9.88. The van der Waals surface area contributed by atoms with E-state index < -0.39 is 5.54 Å². The van der Waals surface area contributed by atoms with Crippen molar-refractivity contribution in [3.05, 3.63) is 58.1 Å². The molecule has 0 amide bonds. The Morgan fingerprint density at radius 3 is 2.67 bits per heavy atom. The third-order valence-electron chi connectivity index (χ3n) is 7.27. The Balaban J connectivity index is 1.62. The Morgan fingerprint density at radius 2 is 2.00 bits per heavy atom. The molecule has 2 spiro atoms. The summed E-state index contributed by atoms with van der Waals surface area (Å²) in [6, 6.07) is 14.4. The normalized spacial score (nSPS) is 29.5. The van der Waals surface area contributed by atoms with Gasteiger partial charge in [0.15, 0.2) is 0 Å². The summed E-state index contributed by atoms with van der Waals surface area (Å²) in [7, 11) is 1.80. The monoisotopic (exact) mass is 421 g/mol. The molecule has 1 fully saturated rings. The van der Waals surface area contributed by atoms with Crippen LogP contribution < -0.4 is 5.73 Å². The van der Waals surface area contributed by atoms with Crippen molar-refractivity contribution in [2.45, 2.75) is 43.7 Å². The maximum absolute atomic E-state index is 9.33. The first-order chi connectivity index (χ1) is 14.5. The molecule has 5 rings (SSSR count). The number of nitriles is 1. The predicted octanol–water partition coefficient (Wildman–Crippen LogP) is 4.55. The third kappa shape index (κ3) is 2.82. The number of ether oxygens (including phenoxy) is 2. The number of methoxy groups -OCH3 is 1. The second-order valence-electron chi connectivity index (χ2n) is 8.70. The van der Waals surface area contributed by atoms with Gasteiger partial charge in [0, 0.05) is 17.5 Å². The van der Waals surface area contributed by atoms with Gasteiger partial charge in [0.25, 0.3) is 6.02 Å². The van der Waals surface area contributed by atoms with Gasteiger partial charge in [-0.3, -0.25) is 0 Å². The van der Waals surface area contributed by atoms with Gasteiger partial charge < -0.3 is 15.2 Å². The van der Waals surface area contributed by atoms with Crippen LogP contribution >= 0.6 is 11.6 Å². The second kappa shape index (κ2) is 7.01. The van der Waals surface area contributed by atoms with E-state index >= 15 is 0 Å². The molecule has 1 atom stereocenters. The molecule has 1 unspecified atom stereocenters. The van der Waals surface area contributed by atoms with Gasteiger partial charge in [-0.25, -0.2) is 4.99 Å². The van der Waals surface area contributed by atoms with Crippen LogP contribution in [-0.2, 0) is 21.4 Å². The minimum Gasteiger partial charge on any atom is -0.462 e. The van der Waals surface area contributed by atoms with E-state index in [4.69, 9.17) is 31.8 Å². The average Bonchev–Trinajstić information content (AvgIpc) is 3.27. The Kier molecular flexibility index (Phi) is 4.53. The van der Waals surface area contributed by atoms with E-state index in [2.05, 4.69) is 24.3 Å². The van der Waals surface area contributed by atoms with E-state index in [9.17, 15) is 5.26 Å². The smallest absolute Gasteiger partial charge is 0.283 e. The summed E-state index contributed by atoms with van der Waals surface area (Å²) in [6.07, 6.45) is 5.39. The van der Waals surface area contributed by atoms with E-state index in [-0.39, 0.29) is 11.4 Å². The lowest BCUT2D eigenvalue weighted by Gasteiger charge is -2.45. The fourth-order valence-corrected chi connectivity index (χ4v) is 5.96. The van der Waals surface area contributed by atoms with Crippen LogP contribution in [0.2, 0.25) is 5.02 Å². The molecule has 30 heavy (non-hydrogen) atoms. The van der Waals surface area contributed by atoms with Gasteiger partial charge in [0.2, 0.25) is 0 Å². The molecule has 2 N–H and O–H groups in total. The van der Waals surface area contributed by atoms with Crippen LogP contribution in [0.3, 0.4) is 0 Å². The first-order valence-corrected chi connectivity index (χ1v) is 10.7. The summed E-state index contributed by atoms with van der Waals surface area (Å²) in [6.45, 7) is 0.478. The van der Waals surface area contributed by atoms with Crippen molar-refractivity contribution in [3.8, 4) is 17.2 Å². The molecule has 6 heteroatoms. The van der Waals surface area contributed by atoms with Crippen LogP contribution in [0.5, 0.6) is 0 Å². The number of benzene rings is 2. The molecule has 2 aliphatic carbocycles. The molecule has 0 saturated heterocycles. The summed E-state index contributed by atoms with van der Waals surface area (Å²) in [5.41, 5.74) is 10.6. The Morgan fingerprint density at radius 1 is 1.20 bits per heavy atom. The van der Waals surface area contributed by atoms with Gasteiger partial charge in [-0.05, 0) is 78.6 Å². The van der Waals surface area contributed by atoms with Crippen LogP contribution in [-0.4, -0.2) is 25.8 Å². The van der Waals surface area contributed by atoms with Gasteiger partial charge in [0.1, 0.15) is 12.1 Å². The molecule has 3 aliphatic rings. The van der Waals surface area contributed by atoms with Crippen LogP contribution in [0.1, 0.15) is 42.4 Å². The van der Waals surface area contributed by atoms with Gasteiger partial charge in [-0.15, -0.1) is 0 Å². The fraction of sp³-hybridized carbons (Fsp3) is 0.417. The first-order valence-electron chi connectivity index (χ1n) is 10.3. The highest BCUT2D eigenvalue weighted by Gasteiger charge is 2.61. The van der Waals surface area contributed by atoms with E-state index in [1.807, 2.05) is 12.1 Å². The van der Waals surface area contributed by atoms with Crippen LogP contribution in [0.15, 0.2) is 41.4 Å². The zero-order valence-electron chi connectivity index (χ0n) is 17.0. The second-order valence-corrected chi connectivity index (χ2v) is 9.14. The zero-order chi connectivity index (χ0) is 20.9. The lowest BCUT2D eigenvalue weighted by Crippen LogP contribution is -2.46. The Bertz CT molecular complexity index is 1080. The molecule has 5 nitrogen and oxygen atoms in total. The van der Waals surface area contributed by atoms with Crippen molar-refractivity contribution in [3.63, 3.8) is 0 Å². The molecular formula is C24H24ClN3O2. The third-order valence-corrected chi connectivity index (χ3v) is 7.49. The molecule has 0 aromatic heterocycles. The van der Waals surface area contributed by atoms with E-state index in [0.29, 0.717) is 23.3 Å². The molecule has 2 aromatic carbocycles. The molecule has 1 heterocycles. The highest BCUT2D eigenvalue weighted by atomic mass is 35.5. The van der Waals surface area contributed by atoms with Crippen LogP contribution in [0, 0.1) is 16.7 Å². The largest absolute Gasteiger partial charge is 0.462 e. The number of nitrogens with two attached hydrogens (primary N) is 1. The number of aliphatic imine (C=N–C) groups is 1. The molecule has 0 bridgehead atoms. The van der Waals surface area contributed by atoms with Gasteiger partial charge in [0.05, 0.1) is 17.7 Å². The first kappa shape index (κ1) is 19.4. The molecule has 154 valence electrons. The molecule has 2 aromatic rings. The summed E-state index contributed by atoms with van der Waals surface area (Å²) in [5.74, 6) is 0. The molecule has 1 aliphatic heterocycles. The van der Waals surface area contributed by atoms with Crippen molar-refractivity contribution in [2.75, 3.05) is 13.7 Å². The molecule has 0 radical (unpaired) electrons. The topological polar surface area (TPSA) is 80.6 Å². The highest BCUT2D eigenvalue weighted by Crippen LogP contribution is 2.61. The van der Waals surface area contributed by atoms with Crippen molar-refractivity contribution >= 4 is 17.6 Å². The highest BCUT2D eigenvalue weighted by molar-refractivity contribution is 6.31. The van der Waals surface area contributed by atoms with Crippen molar-refractivity contribution in [2.24, 2.45) is 16.1 Å². The van der Waals surface area contributed by atoms with E-state index in [1.165, 1.54) is 11.1 Å². The number of halogens is 1. The van der Waals surface area contributed by atoms with Crippen molar-refractivity contribution in [1.29, 1.82) is 5.26 Å². The van der Waals surface area contributed by atoms with Gasteiger partial charge in [-0.1, -0.05) is 23.7 Å². The maximum Gasteiger partial charge on any atom is 0.283 e. The number of hydrogen-bond acceptors (Lipinski definition) is 5. The molecule has 1 saturated carbocycles. The zero-order valence-corrected chi connectivity index (χ0v) is 17.7. The van der Waals surface area contributed by atoms with E-state index in [0.717, 1.165) is 43.2 Å². The summed E-state index contributed by atoms with van der Waals surface area (Å²) < 4.78 is 11.4. The standard InChI is InChI=1S/C24H24ClN3O2/c1-29-20-4-6-23(7-5-20)12-17-3-2-16(18-8-15(13-26)9-19(25)10-18)11-21(17)24(23)14-30-22(27)28-24/h2-3,8-11,20H,4-7,12,14H2,1H3,(H2,27,28)/t20-,23-,24?. The number of fused-ring (bicyclic) bond motifs is 3. The predicted molar refractivity (Wildman–Crippen MR) is 116 cm³/mol. The Hall–Kier alpha value is -2.55. The summed E-state index contributed by atoms with van der Waals surface area (Å²) >= 11 is 6.26. The summed E-state index contributed by atoms with van der Waals surface area (Å²) in [4.78, 5) is 4.93. The van der Waals surface area contributed by atoms with Crippen LogP contribution in [0.4, 0.5) is 0 Å². The number of hydrogen-bond donors (Lipinski definition) is 1. The van der Waals surface area contributed by atoms with Gasteiger partial charge >= 0.3 is 0 Å². The van der Waals surface area contributed by atoms with Crippen molar-refractivity contribution < 1.29 is 9.47 Å². The molecular weight excluding hydrogens is 398 g/mol. The minimum atomic E-state index is -0.461. The van der Waals surface area contributed by atoms with Gasteiger partial charge in [-0.2, -0.15) is 5.26 Å².